The first-order chi connectivity index (χ1) is 8.88. The van der Waals surface area contributed by atoms with Crippen LogP contribution in [0.5, 0.6) is 0 Å². The van der Waals surface area contributed by atoms with Crippen LogP contribution in [0.15, 0.2) is 18.3 Å². The van der Waals surface area contributed by atoms with Crippen LogP contribution in [0.3, 0.4) is 0 Å². The van der Waals surface area contributed by atoms with Gasteiger partial charge in [0.25, 0.3) is 0 Å². The zero-order valence-corrected chi connectivity index (χ0v) is 10.3. The van der Waals surface area contributed by atoms with Gasteiger partial charge in [-0.3, -0.25) is 10.3 Å². The summed E-state index contributed by atoms with van der Waals surface area (Å²) in [6, 6.07) is 2.98. The highest BCUT2D eigenvalue weighted by atomic mass is 19.4. The van der Waals surface area contributed by atoms with Gasteiger partial charge in [-0.15, -0.1) is 0 Å². The molecule has 0 radical (unpaired) electrons. The molecular weight excluding hydrogens is 261 g/mol. The molecule has 0 aliphatic heterocycles. The summed E-state index contributed by atoms with van der Waals surface area (Å²) in [5.74, 6) is -0.527. The Labute approximate surface area is 108 Å². The molecule has 1 aromatic rings. The summed E-state index contributed by atoms with van der Waals surface area (Å²) in [4.78, 5) is 15.1. The lowest BCUT2D eigenvalue weighted by atomic mass is 10.2. The molecule has 1 aliphatic rings. The van der Waals surface area contributed by atoms with Crippen LogP contribution < -0.4 is 5.32 Å². The Morgan fingerprint density at radius 1 is 1.47 bits per heavy atom. The first-order valence-corrected chi connectivity index (χ1v) is 5.73. The van der Waals surface area contributed by atoms with E-state index in [4.69, 9.17) is 0 Å². The molecule has 1 N–H and O–H groups in total. The van der Waals surface area contributed by atoms with Gasteiger partial charge >= 0.3 is 12.1 Å². The minimum Gasteiger partial charge on any atom is -0.465 e. The topological polar surface area (TPSA) is 51.2 Å². The maximum Gasteiger partial charge on any atom is 0.406 e. The summed E-state index contributed by atoms with van der Waals surface area (Å²) in [7, 11) is 1.25. The molecule has 0 spiro atoms. The Balaban J connectivity index is 1.96. The van der Waals surface area contributed by atoms with Crippen LogP contribution in [-0.2, 0) is 11.3 Å². The van der Waals surface area contributed by atoms with Gasteiger partial charge in [-0.1, -0.05) is 0 Å². The first kappa shape index (κ1) is 13.8. The van der Waals surface area contributed by atoms with E-state index in [0.717, 1.165) is 0 Å². The zero-order chi connectivity index (χ0) is 14.1. The van der Waals surface area contributed by atoms with Gasteiger partial charge in [0.1, 0.15) is 5.54 Å². The highest BCUT2D eigenvalue weighted by Crippen LogP contribution is 2.48. The smallest absolute Gasteiger partial charge is 0.406 e. The summed E-state index contributed by atoms with van der Waals surface area (Å²) in [5, 5.41) is 2.49. The van der Waals surface area contributed by atoms with Gasteiger partial charge in [-0.05, 0) is 25.0 Å². The summed E-state index contributed by atoms with van der Waals surface area (Å²) < 4.78 is 42.5. The Kier molecular flexibility index (Phi) is 3.49. The number of nitrogens with one attached hydrogen (secondary N) is 1. The van der Waals surface area contributed by atoms with Crippen molar-refractivity contribution in [2.24, 2.45) is 0 Å². The van der Waals surface area contributed by atoms with E-state index >= 15 is 0 Å². The average Bonchev–Trinajstić information content (AvgIpc) is 3.16. The third-order valence-corrected chi connectivity index (χ3v) is 3.15. The molecule has 1 aliphatic carbocycles. The van der Waals surface area contributed by atoms with Crippen molar-refractivity contribution in [1.82, 2.24) is 10.3 Å². The van der Waals surface area contributed by atoms with Crippen LogP contribution in [0.2, 0.25) is 0 Å². The van der Waals surface area contributed by atoms with E-state index in [9.17, 15) is 18.0 Å². The van der Waals surface area contributed by atoms with Crippen LogP contribution in [-0.4, -0.2) is 29.8 Å². The molecule has 19 heavy (non-hydrogen) atoms. The summed E-state index contributed by atoms with van der Waals surface area (Å²) in [6.45, 7) is 0.0148. The van der Waals surface area contributed by atoms with Crippen LogP contribution in [0.1, 0.15) is 28.9 Å². The number of alkyl halides is 3. The Hall–Kier alpha value is -1.63. The molecule has 1 saturated carbocycles. The number of esters is 1. The number of rotatable bonds is 4. The minimum atomic E-state index is -4.24. The second-order valence-electron chi connectivity index (χ2n) is 4.46. The van der Waals surface area contributed by atoms with Crippen LogP contribution in [0, 0.1) is 0 Å². The number of hydrogen-bond acceptors (Lipinski definition) is 4. The minimum absolute atomic E-state index is 0.0148. The van der Waals surface area contributed by atoms with Crippen molar-refractivity contribution in [2.75, 3.05) is 7.11 Å². The summed E-state index contributed by atoms with van der Waals surface area (Å²) in [5.41, 5.74) is -1.04. The number of methoxy groups -OCH3 is 1. The Morgan fingerprint density at radius 2 is 2.16 bits per heavy atom. The highest BCUT2D eigenvalue weighted by Gasteiger charge is 2.62. The second kappa shape index (κ2) is 4.80. The van der Waals surface area contributed by atoms with Gasteiger partial charge in [0.2, 0.25) is 0 Å². The van der Waals surface area contributed by atoms with Crippen molar-refractivity contribution in [3.63, 3.8) is 0 Å². The van der Waals surface area contributed by atoms with Gasteiger partial charge in [-0.25, -0.2) is 4.79 Å². The van der Waals surface area contributed by atoms with E-state index in [1.54, 1.807) is 0 Å². The molecule has 4 nitrogen and oxygen atoms in total. The van der Waals surface area contributed by atoms with Gasteiger partial charge in [0.15, 0.2) is 0 Å². The molecule has 1 aromatic heterocycles. The molecule has 0 unspecified atom stereocenters. The molecule has 7 heteroatoms. The monoisotopic (exact) mass is 274 g/mol. The van der Waals surface area contributed by atoms with Crippen molar-refractivity contribution >= 4 is 5.97 Å². The van der Waals surface area contributed by atoms with Gasteiger partial charge in [0.05, 0.1) is 18.4 Å². The van der Waals surface area contributed by atoms with Gasteiger partial charge < -0.3 is 4.74 Å². The molecular formula is C12H13F3N2O2. The first-order valence-electron chi connectivity index (χ1n) is 5.73. The van der Waals surface area contributed by atoms with Crippen LogP contribution in [0.25, 0.3) is 0 Å². The van der Waals surface area contributed by atoms with E-state index in [1.807, 2.05) is 0 Å². The van der Waals surface area contributed by atoms with Crippen LogP contribution >= 0.6 is 0 Å². The standard InChI is InChI=1S/C12H13F3N2O2/c1-19-10(18)8-2-3-9(16-6-8)7-17-11(4-5-11)12(13,14)15/h2-3,6,17H,4-5,7H2,1H3. The third-order valence-electron chi connectivity index (χ3n) is 3.15. The van der Waals surface area contributed by atoms with E-state index in [-0.39, 0.29) is 24.9 Å². The quantitative estimate of drug-likeness (QED) is 0.854. The number of pyridine rings is 1. The van der Waals surface area contributed by atoms with Crippen molar-refractivity contribution < 1.29 is 22.7 Å². The lowest BCUT2D eigenvalue weighted by Crippen LogP contribution is -2.44. The van der Waals surface area contributed by atoms with E-state index in [1.165, 1.54) is 25.4 Å². The number of carbonyl (C=O) groups excluding carboxylic acids is 1. The third kappa shape index (κ3) is 2.86. The largest absolute Gasteiger partial charge is 0.465 e. The number of ether oxygens (including phenoxy) is 1. The lowest BCUT2D eigenvalue weighted by Gasteiger charge is -2.20. The van der Waals surface area contributed by atoms with E-state index in [2.05, 4.69) is 15.0 Å². The number of hydrogen-bond donors (Lipinski definition) is 1. The number of aromatic nitrogens is 1. The van der Waals surface area contributed by atoms with Crippen molar-refractivity contribution in [2.45, 2.75) is 31.1 Å². The molecule has 0 bridgehead atoms. The van der Waals surface area contributed by atoms with Gasteiger partial charge in [-0.2, -0.15) is 13.2 Å². The number of carbonyl (C=O) groups is 1. The Morgan fingerprint density at radius 3 is 2.58 bits per heavy atom. The molecule has 104 valence electrons. The molecule has 0 atom stereocenters. The molecule has 1 heterocycles. The number of halogens is 3. The normalized spacial score (nSPS) is 17.1. The second-order valence-corrected chi connectivity index (χ2v) is 4.46. The maximum atomic E-state index is 12.7. The molecule has 1 fully saturated rings. The maximum absolute atomic E-state index is 12.7. The fourth-order valence-electron chi connectivity index (χ4n) is 1.71. The van der Waals surface area contributed by atoms with E-state index in [0.29, 0.717) is 5.69 Å². The molecule has 2 rings (SSSR count). The van der Waals surface area contributed by atoms with Crippen molar-refractivity contribution in [3.05, 3.63) is 29.6 Å². The highest BCUT2D eigenvalue weighted by molar-refractivity contribution is 5.88. The number of nitrogens with zero attached hydrogens (tertiary/aromatic N) is 1. The fraction of sp³-hybridized carbons (Fsp3) is 0.500. The predicted molar refractivity (Wildman–Crippen MR) is 60.4 cm³/mol. The van der Waals surface area contributed by atoms with Crippen molar-refractivity contribution in [1.29, 1.82) is 0 Å². The van der Waals surface area contributed by atoms with E-state index < -0.39 is 17.7 Å². The lowest BCUT2D eigenvalue weighted by molar-refractivity contribution is -0.166. The van der Waals surface area contributed by atoms with Crippen LogP contribution in [0.4, 0.5) is 13.2 Å². The Bertz CT molecular complexity index is 467. The molecule has 0 saturated heterocycles. The SMILES string of the molecule is COC(=O)c1ccc(CNC2(C(F)(F)F)CC2)nc1. The summed E-state index contributed by atoms with van der Waals surface area (Å²) >= 11 is 0. The zero-order valence-electron chi connectivity index (χ0n) is 10.3. The van der Waals surface area contributed by atoms with Crippen molar-refractivity contribution in [3.8, 4) is 0 Å². The summed E-state index contributed by atoms with van der Waals surface area (Å²) in [6.07, 6.45) is -2.76. The molecule has 0 amide bonds. The molecule has 0 aromatic carbocycles. The fourth-order valence-corrected chi connectivity index (χ4v) is 1.71. The predicted octanol–water partition coefficient (Wildman–Crippen LogP) is 2.05. The average molecular weight is 274 g/mol. The van der Waals surface area contributed by atoms with Gasteiger partial charge in [0, 0.05) is 12.7 Å².